The molecule has 2 aromatic rings. The van der Waals surface area contributed by atoms with E-state index in [0.29, 0.717) is 26.2 Å². The molecule has 0 aliphatic rings. The molecule has 1 amide bonds. The molecule has 0 fully saturated rings. The number of non-ortho nitro benzene ring substituents is 1. The molecule has 28 heavy (non-hydrogen) atoms. The molecule has 0 saturated heterocycles. The number of nitro groups is 1. The topological polar surface area (TPSA) is 90.7 Å². The fourth-order valence-corrected chi connectivity index (χ4v) is 2.52. The number of hydrogen-bond donors (Lipinski definition) is 1. The Kier molecular flexibility index (Phi) is 7.52. The number of ether oxygens (including phenoxy) is 2. The van der Waals surface area contributed by atoms with E-state index in [2.05, 4.69) is 5.32 Å². The maximum absolute atomic E-state index is 11.7. The van der Waals surface area contributed by atoms with Crippen molar-refractivity contribution in [1.29, 1.82) is 0 Å². The van der Waals surface area contributed by atoms with Gasteiger partial charge in [0.2, 0.25) is 0 Å². The maximum atomic E-state index is 11.7. The minimum atomic E-state index is -0.529. The lowest BCUT2D eigenvalue weighted by molar-refractivity contribution is -0.384. The van der Waals surface area contributed by atoms with Crippen molar-refractivity contribution in [1.82, 2.24) is 5.32 Å². The number of nitrogens with one attached hydrogen (secondary N) is 1. The molecule has 0 bridgehead atoms. The summed E-state index contributed by atoms with van der Waals surface area (Å²) < 4.78 is 10.9. The van der Waals surface area contributed by atoms with Gasteiger partial charge in [0.05, 0.1) is 18.1 Å². The van der Waals surface area contributed by atoms with Crippen molar-refractivity contribution < 1.29 is 19.2 Å². The van der Waals surface area contributed by atoms with Crippen molar-refractivity contribution >= 4 is 11.8 Å². The Morgan fingerprint density at radius 3 is 2.46 bits per heavy atom. The van der Waals surface area contributed by atoms with E-state index in [1.807, 2.05) is 51.1 Å². The molecule has 0 saturated carbocycles. The summed E-state index contributed by atoms with van der Waals surface area (Å²) in [5, 5.41) is 13.5. The van der Waals surface area contributed by atoms with E-state index in [0.717, 1.165) is 16.7 Å². The highest BCUT2D eigenvalue weighted by Gasteiger charge is 2.15. The number of rotatable bonds is 8. The normalized spacial score (nSPS) is 11.1. The third-order valence-electron chi connectivity index (χ3n) is 3.75. The monoisotopic (exact) mass is 386 g/mol. The fraction of sp³-hybridized carbons (Fsp3) is 0.381. The van der Waals surface area contributed by atoms with Crippen LogP contribution < -0.4 is 5.32 Å². The number of hydrogen-bond acceptors (Lipinski definition) is 5. The first-order valence-electron chi connectivity index (χ1n) is 9.09. The second-order valence-corrected chi connectivity index (χ2v) is 7.40. The highest BCUT2D eigenvalue weighted by Crippen LogP contribution is 2.14. The van der Waals surface area contributed by atoms with Crippen LogP contribution in [0.25, 0.3) is 0 Å². The van der Waals surface area contributed by atoms with Crippen molar-refractivity contribution in [2.75, 3.05) is 6.61 Å². The Bertz CT molecular complexity index is 814. The molecule has 2 aromatic carbocycles. The number of carbonyl (C=O) groups is 1. The van der Waals surface area contributed by atoms with Gasteiger partial charge in [-0.15, -0.1) is 0 Å². The summed E-state index contributed by atoms with van der Waals surface area (Å²) in [4.78, 5) is 22.1. The quantitative estimate of drug-likeness (QED) is 0.413. The van der Waals surface area contributed by atoms with E-state index >= 15 is 0 Å². The van der Waals surface area contributed by atoms with Gasteiger partial charge in [-0.2, -0.15) is 0 Å². The predicted molar refractivity (Wildman–Crippen MR) is 106 cm³/mol. The zero-order valence-corrected chi connectivity index (χ0v) is 16.4. The Balaban J connectivity index is 1.77. The molecule has 0 atom stereocenters. The molecule has 7 heteroatoms. The van der Waals surface area contributed by atoms with Crippen molar-refractivity contribution in [3.8, 4) is 0 Å². The summed E-state index contributed by atoms with van der Waals surface area (Å²) in [7, 11) is 0. The van der Waals surface area contributed by atoms with Gasteiger partial charge in [-0.3, -0.25) is 10.1 Å². The van der Waals surface area contributed by atoms with E-state index in [9.17, 15) is 14.9 Å². The van der Waals surface area contributed by atoms with Crippen molar-refractivity contribution in [2.45, 2.75) is 45.9 Å². The first kappa shape index (κ1) is 21.4. The first-order chi connectivity index (χ1) is 13.2. The largest absolute Gasteiger partial charge is 0.444 e. The predicted octanol–water partition coefficient (Wildman–Crippen LogP) is 4.38. The summed E-state index contributed by atoms with van der Waals surface area (Å²) >= 11 is 0. The molecule has 0 aromatic heterocycles. The summed E-state index contributed by atoms with van der Waals surface area (Å²) in [6.07, 6.45) is 0.146. The van der Waals surface area contributed by atoms with Gasteiger partial charge >= 0.3 is 6.09 Å². The SMILES string of the molecule is CC(C)(C)OC(=O)NCc1cccc(COCCc2cccc([N+](=O)[O-])c2)c1. The molecule has 1 N–H and O–H groups in total. The molecular formula is C21H26N2O5. The third-order valence-corrected chi connectivity index (χ3v) is 3.75. The minimum Gasteiger partial charge on any atom is -0.444 e. The molecule has 0 spiro atoms. The van der Waals surface area contributed by atoms with Crippen LogP contribution in [0.3, 0.4) is 0 Å². The van der Waals surface area contributed by atoms with Crippen molar-refractivity contribution in [3.63, 3.8) is 0 Å². The summed E-state index contributed by atoms with van der Waals surface area (Å²) in [5.74, 6) is 0. The Morgan fingerprint density at radius 1 is 1.07 bits per heavy atom. The molecular weight excluding hydrogens is 360 g/mol. The average Bonchev–Trinajstić information content (AvgIpc) is 2.63. The lowest BCUT2D eigenvalue weighted by Gasteiger charge is -2.19. The van der Waals surface area contributed by atoms with E-state index in [4.69, 9.17) is 9.47 Å². The second-order valence-electron chi connectivity index (χ2n) is 7.40. The standard InChI is InChI=1S/C21H26N2O5/c1-21(2,3)28-20(24)22-14-17-7-4-8-18(12-17)15-27-11-10-16-6-5-9-19(13-16)23(25)26/h4-9,12-13H,10-11,14-15H2,1-3H3,(H,22,24). The van der Waals surface area contributed by atoms with Crippen LogP contribution in [-0.2, 0) is 29.0 Å². The number of nitrogens with zero attached hydrogens (tertiary/aromatic N) is 1. The minimum absolute atomic E-state index is 0.0858. The number of nitro benzene ring substituents is 1. The molecule has 7 nitrogen and oxygen atoms in total. The van der Waals surface area contributed by atoms with Crippen LogP contribution in [0.2, 0.25) is 0 Å². The Hall–Kier alpha value is -2.93. The van der Waals surface area contributed by atoms with Crippen LogP contribution in [0.4, 0.5) is 10.5 Å². The van der Waals surface area contributed by atoms with Crippen molar-refractivity contribution in [2.24, 2.45) is 0 Å². The van der Waals surface area contributed by atoms with Gasteiger partial charge in [-0.05, 0) is 43.9 Å². The third kappa shape index (κ3) is 7.75. The van der Waals surface area contributed by atoms with Gasteiger partial charge in [-0.25, -0.2) is 4.79 Å². The maximum Gasteiger partial charge on any atom is 0.407 e. The Labute approximate surface area is 164 Å². The van der Waals surface area contributed by atoms with Gasteiger partial charge in [0.25, 0.3) is 5.69 Å². The van der Waals surface area contributed by atoms with Crippen LogP contribution in [0.15, 0.2) is 48.5 Å². The van der Waals surface area contributed by atoms with Gasteiger partial charge in [-0.1, -0.05) is 36.4 Å². The van der Waals surface area contributed by atoms with Crippen molar-refractivity contribution in [3.05, 3.63) is 75.3 Å². The Morgan fingerprint density at radius 2 is 1.75 bits per heavy atom. The van der Waals surface area contributed by atoms with E-state index in [1.54, 1.807) is 12.1 Å². The number of amides is 1. The van der Waals surface area contributed by atoms with Gasteiger partial charge < -0.3 is 14.8 Å². The highest BCUT2D eigenvalue weighted by molar-refractivity contribution is 5.67. The zero-order chi connectivity index (χ0) is 20.6. The van der Waals surface area contributed by atoms with Gasteiger partial charge in [0.1, 0.15) is 5.60 Å². The van der Waals surface area contributed by atoms with Crippen LogP contribution >= 0.6 is 0 Å². The molecule has 2 rings (SSSR count). The molecule has 0 aliphatic heterocycles. The molecule has 150 valence electrons. The average molecular weight is 386 g/mol. The van der Waals surface area contributed by atoms with Gasteiger partial charge in [0, 0.05) is 18.7 Å². The van der Waals surface area contributed by atoms with E-state index in [-0.39, 0.29) is 5.69 Å². The summed E-state index contributed by atoms with van der Waals surface area (Å²) in [6.45, 7) is 6.71. The highest BCUT2D eigenvalue weighted by atomic mass is 16.6. The molecule has 0 unspecified atom stereocenters. The lowest BCUT2D eigenvalue weighted by atomic mass is 10.1. The van der Waals surface area contributed by atoms with Crippen LogP contribution in [0, 0.1) is 10.1 Å². The number of benzene rings is 2. The summed E-state index contributed by atoms with van der Waals surface area (Å²) in [5.41, 5.74) is 2.36. The second kappa shape index (κ2) is 9.85. The smallest absolute Gasteiger partial charge is 0.407 e. The number of alkyl carbamates (subject to hydrolysis) is 1. The molecule has 0 heterocycles. The van der Waals surface area contributed by atoms with Gasteiger partial charge in [0.15, 0.2) is 0 Å². The lowest BCUT2D eigenvalue weighted by Crippen LogP contribution is -2.32. The van der Waals surface area contributed by atoms with E-state index < -0.39 is 16.6 Å². The summed E-state index contributed by atoms with van der Waals surface area (Å²) in [6, 6.07) is 14.3. The van der Waals surface area contributed by atoms with Crippen LogP contribution in [-0.4, -0.2) is 23.2 Å². The number of carbonyl (C=O) groups excluding carboxylic acids is 1. The van der Waals surface area contributed by atoms with E-state index in [1.165, 1.54) is 6.07 Å². The first-order valence-corrected chi connectivity index (χ1v) is 9.09. The fourth-order valence-electron chi connectivity index (χ4n) is 2.52. The van der Waals surface area contributed by atoms with Crippen LogP contribution in [0.1, 0.15) is 37.5 Å². The molecule has 0 radical (unpaired) electrons. The molecule has 0 aliphatic carbocycles. The van der Waals surface area contributed by atoms with Crippen LogP contribution in [0.5, 0.6) is 0 Å². The zero-order valence-electron chi connectivity index (χ0n) is 16.4.